The van der Waals surface area contributed by atoms with E-state index in [4.69, 9.17) is 14.2 Å². The maximum Gasteiger partial charge on any atom is 0.343 e. The Kier molecular flexibility index (Phi) is 7.91. The van der Waals surface area contributed by atoms with E-state index < -0.39 is 5.97 Å². The highest BCUT2D eigenvalue weighted by Crippen LogP contribution is 2.28. The zero-order valence-electron chi connectivity index (χ0n) is 17.8. The van der Waals surface area contributed by atoms with E-state index in [1.807, 2.05) is 6.92 Å². The summed E-state index contributed by atoms with van der Waals surface area (Å²) < 4.78 is 16.3. The monoisotopic (exact) mass is 433 g/mol. The van der Waals surface area contributed by atoms with Crippen LogP contribution in [0.1, 0.15) is 39.6 Å². The molecule has 2 aromatic carbocycles. The van der Waals surface area contributed by atoms with Crippen molar-refractivity contribution in [2.45, 2.75) is 13.3 Å². The van der Waals surface area contributed by atoms with Crippen LogP contribution >= 0.6 is 0 Å². The van der Waals surface area contributed by atoms with Gasteiger partial charge >= 0.3 is 5.97 Å². The SMILES string of the molecule is CCCOc1ccc(C(=O)Oc2ccc(/C=N/NC(=O)c3cccnc3)cc2OC)cc1. The summed E-state index contributed by atoms with van der Waals surface area (Å²) in [4.78, 5) is 28.4. The number of benzene rings is 2. The summed E-state index contributed by atoms with van der Waals surface area (Å²) in [6.45, 7) is 2.64. The third-order valence-corrected chi connectivity index (χ3v) is 4.26. The van der Waals surface area contributed by atoms with Gasteiger partial charge in [-0.05, 0) is 66.6 Å². The molecule has 1 amide bonds. The number of amides is 1. The molecule has 3 aromatic rings. The minimum absolute atomic E-state index is 0.264. The lowest BCUT2D eigenvalue weighted by Gasteiger charge is -2.10. The van der Waals surface area contributed by atoms with E-state index in [-0.39, 0.29) is 11.7 Å². The van der Waals surface area contributed by atoms with E-state index in [0.717, 1.165) is 6.42 Å². The average Bonchev–Trinajstić information content (AvgIpc) is 2.84. The summed E-state index contributed by atoms with van der Waals surface area (Å²) in [5.41, 5.74) is 3.85. The third-order valence-electron chi connectivity index (χ3n) is 4.26. The van der Waals surface area contributed by atoms with Crippen LogP contribution in [0.15, 0.2) is 72.1 Å². The lowest BCUT2D eigenvalue weighted by atomic mass is 10.2. The maximum atomic E-state index is 12.5. The van der Waals surface area contributed by atoms with Gasteiger partial charge in [-0.25, -0.2) is 10.2 Å². The number of ether oxygens (including phenoxy) is 3. The minimum atomic E-state index is -0.518. The first kappa shape index (κ1) is 22.5. The number of rotatable bonds is 9. The summed E-state index contributed by atoms with van der Waals surface area (Å²) in [5, 5.41) is 3.93. The number of hydrogen-bond acceptors (Lipinski definition) is 7. The van der Waals surface area contributed by atoms with Gasteiger partial charge in [-0.2, -0.15) is 5.10 Å². The summed E-state index contributed by atoms with van der Waals surface area (Å²) in [6.07, 6.45) is 5.39. The molecule has 1 N–H and O–H groups in total. The molecule has 0 atom stereocenters. The number of hydrazone groups is 1. The highest BCUT2D eigenvalue weighted by molar-refractivity contribution is 5.94. The van der Waals surface area contributed by atoms with Gasteiger partial charge < -0.3 is 14.2 Å². The van der Waals surface area contributed by atoms with E-state index in [0.29, 0.717) is 34.8 Å². The Morgan fingerprint density at radius 3 is 2.56 bits per heavy atom. The molecule has 1 aromatic heterocycles. The van der Waals surface area contributed by atoms with Crippen molar-refractivity contribution in [3.05, 3.63) is 83.7 Å². The predicted octanol–water partition coefficient (Wildman–Crippen LogP) is 3.86. The van der Waals surface area contributed by atoms with Gasteiger partial charge in [-0.3, -0.25) is 9.78 Å². The third kappa shape index (κ3) is 6.15. The highest BCUT2D eigenvalue weighted by atomic mass is 16.6. The van der Waals surface area contributed by atoms with Gasteiger partial charge in [0, 0.05) is 12.4 Å². The molecule has 8 heteroatoms. The van der Waals surface area contributed by atoms with E-state index in [1.54, 1.807) is 60.8 Å². The number of aromatic nitrogens is 1. The fourth-order valence-electron chi connectivity index (χ4n) is 2.64. The lowest BCUT2D eigenvalue weighted by Crippen LogP contribution is -2.17. The average molecular weight is 433 g/mol. The quantitative estimate of drug-likeness (QED) is 0.238. The first-order valence-electron chi connectivity index (χ1n) is 9.97. The van der Waals surface area contributed by atoms with Gasteiger partial charge in [0.1, 0.15) is 5.75 Å². The molecular weight excluding hydrogens is 410 g/mol. The van der Waals surface area contributed by atoms with Crippen LogP contribution in [0.4, 0.5) is 0 Å². The van der Waals surface area contributed by atoms with Crippen molar-refractivity contribution >= 4 is 18.1 Å². The topological polar surface area (TPSA) is 99.1 Å². The van der Waals surface area contributed by atoms with Crippen molar-refractivity contribution in [2.24, 2.45) is 5.10 Å². The normalized spacial score (nSPS) is 10.6. The molecule has 0 fully saturated rings. The fraction of sp³-hybridized carbons (Fsp3) is 0.167. The summed E-state index contributed by atoms with van der Waals surface area (Å²) in [5.74, 6) is 0.415. The zero-order chi connectivity index (χ0) is 22.8. The number of pyridine rings is 1. The molecule has 0 saturated carbocycles. The smallest absolute Gasteiger partial charge is 0.343 e. The molecule has 0 saturated heterocycles. The number of esters is 1. The van der Waals surface area contributed by atoms with E-state index in [2.05, 4.69) is 15.5 Å². The van der Waals surface area contributed by atoms with Crippen LogP contribution < -0.4 is 19.6 Å². The van der Waals surface area contributed by atoms with Crippen LogP contribution in [0, 0.1) is 0 Å². The molecular formula is C24H23N3O5. The number of methoxy groups -OCH3 is 1. The molecule has 0 spiro atoms. The molecule has 1 heterocycles. The number of carbonyl (C=O) groups is 2. The van der Waals surface area contributed by atoms with Gasteiger partial charge in [0.25, 0.3) is 5.91 Å². The molecule has 0 unspecified atom stereocenters. The Labute approximate surface area is 185 Å². The first-order valence-corrected chi connectivity index (χ1v) is 9.97. The lowest BCUT2D eigenvalue weighted by molar-refractivity contribution is 0.0729. The largest absolute Gasteiger partial charge is 0.494 e. The van der Waals surface area contributed by atoms with Crippen molar-refractivity contribution in [3.8, 4) is 17.2 Å². The molecule has 0 bridgehead atoms. The van der Waals surface area contributed by atoms with Crippen molar-refractivity contribution < 1.29 is 23.8 Å². The Morgan fingerprint density at radius 2 is 1.88 bits per heavy atom. The number of hydrogen-bond donors (Lipinski definition) is 1. The van der Waals surface area contributed by atoms with Crippen molar-refractivity contribution in [3.63, 3.8) is 0 Å². The summed E-state index contributed by atoms with van der Waals surface area (Å²) in [7, 11) is 1.47. The van der Waals surface area contributed by atoms with Crippen LogP contribution in [0.3, 0.4) is 0 Å². The number of nitrogens with zero attached hydrogens (tertiary/aromatic N) is 2. The van der Waals surface area contributed by atoms with Gasteiger partial charge in [-0.15, -0.1) is 0 Å². The van der Waals surface area contributed by atoms with Crippen LogP contribution in [0.25, 0.3) is 0 Å². The number of nitrogens with one attached hydrogen (secondary N) is 1. The van der Waals surface area contributed by atoms with Crippen molar-refractivity contribution in [1.82, 2.24) is 10.4 Å². The minimum Gasteiger partial charge on any atom is -0.494 e. The second-order valence-electron chi connectivity index (χ2n) is 6.61. The standard InChI is InChI=1S/C24H23N3O5/c1-3-13-31-20-9-7-18(8-10-20)24(29)32-21-11-6-17(14-22(21)30-2)15-26-27-23(28)19-5-4-12-25-16-19/h4-12,14-16H,3,13H2,1-2H3,(H,27,28)/b26-15+. The van der Waals surface area contributed by atoms with E-state index in [1.165, 1.54) is 19.5 Å². The molecule has 164 valence electrons. The molecule has 0 aliphatic rings. The maximum absolute atomic E-state index is 12.5. The van der Waals surface area contributed by atoms with Crippen molar-refractivity contribution in [1.29, 1.82) is 0 Å². The molecule has 8 nitrogen and oxygen atoms in total. The van der Waals surface area contributed by atoms with E-state index >= 15 is 0 Å². The Bertz CT molecular complexity index is 1080. The Morgan fingerprint density at radius 1 is 1.06 bits per heavy atom. The highest BCUT2D eigenvalue weighted by Gasteiger charge is 2.13. The summed E-state index contributed by atoms with van der Waals surface area (Å²) >= 11 is 0. The molecule has 3 rings (SSSR count). The zero-order valence-corrected chi connectivity index (χ0v) is 17.8. The molecule has 32 heavy (non-hydrogen) atoms. The molecule has 0 aliphatic heterocycles. The van der Waals surface area contributed by atoms with Crippen LogP contribution in [-0.2, 0) is 0 Å². The second-order valence-corrected chi connectivity index (χ2v) is 6.61. The van der Waals surface area contributed by atoms with Crippen molar-refractivity contribution in [2.75, 3.05) is 13.7 Å². The van der Waals surface area contributed by atoms with Crippen LogP contribution in [-0.4, -0.2) is 36.8 Å². The summed E-state index contributed by atoms with van der Waals surface area (Å²) in [6, 6.07) is 15.0. The fourth-order valence-corrected chi connectivity index (χ4v) is 2.64. The Balaban J connectivity index is 1.63. The first-order chi connectivity index (χ1) is 15.6. The number of carbonyl (C=O) groups excluding carboxylic acids is 2. The van der Waals surface area contributed by atoms with Gasteiger partial charge in [0.15, 0.2) is 11.5 Å². The molecule has 0 radical (unpaired) electrons. The molecule has 0 aliphatic carbocycles. The van der Waals surface area contributed by atoms with Crippen LogP contribution in [0.5, 0.6) is 17.2 Å². The Hall–Kier alpha value is -4.20. The van der Waals surface area contributed by atoms with Gasteiger partial charge in [0.2, 0.25) is 0 Å². The second kappa shape index (κ2) is 11.3. The van der Waals surface area contributed by atoms with E-state index in [9.17, 15) is 9.59 Å². The van der Waals surface area contributed by atoms with Crippen LogP contribution in [0.2, 0.25) is 0 Å². The predicted molar refractivity (Wildman–Crippen MR) is 119 cm³/mol. The van der Waals surface area contributed by atoms with Gasteiger partial charge in [0.05, 0.1) is 31.1 Å². The van der Waals surface area contributed by atoms with Gasteiger partial charge in [-0.1, -0.05) is 6.92 Å².